The number of hydrogen-bond donors (Lipinski definition) is 1. The Kier molecular flexibility index (Phi) is 5.84. The zero-order valence-electron chi connectivity index (χ0n) is 14.5. The molecule has 0 aliphatic carbocycles. The van der Waals surface area contributed by atoms with E-state index in [1.54, 1.807) is 32.3 Å². The standard InChI is InChI=1S/C18H20N2O5/c1-20(2)18(22)13-10-15(23-3)16(24-4)11-14(13)19-17(21)8-7-12-6-5-9-25-12/h5-11H,1-4H3,(H,19,21). The molecule has 0 saturated carbocycles. The minimum absolute atomic E-state index is 0.272. The van der Waals surface area contributed by atoms with Crippen LogP contribution in [0, 0.1) is 0 Å². The average Bonchev–Trinajstić information content (AvgIpc) is 3.12. The third-order valence-electron chi connectivity index (χ3n) is 3.36. The lowest BCUT2D eigenvalue weighted by Gasteiger charge is -2.17. The number of benzene rings is 1. The van der Waals surface area contributed by atoms with Crippen molar-refractivity contribution in [3.05, 3.63) is 47.9 Å². The molecule has 1 aromatic heterocycles. The molecular formula is C18H20N2O5. The van der Waals surface area contributed by atoms with E-state index in [1.807, 2.05) is 0 Å². The van der Waals surface area contributed by atoms with Crippen molar-refractivity contribution in [3.8, 4) is 11.5 Å². The SMILES string of the molecule is COc1cc(NC(=O)C=Cc2ccco2)c(C(=O)N(C)C)cc1OC. The van der Waals surface area contributed by atoms with Crippen molar-refractivity contribution in [2.75, 3.05) is 33.6 Å². The number of amides is 2. The van der Waals surface area contributed by atoms with Gasteiger partial charge in [0.05, 0.1) is 31.7 Å². The van der Waals surface area contributed by atoms with E-state index in [2.05, 4.69) is 5.32 Å². The summed E-state index contributed by atoms with van der Waals surface area (Å²) in [5.41, 5.74) is 0.618. The maximum atomic E-state index is 12.4. The van der Waals surface area contributed by atoms with Crippen LogP contribution in [0.1, 0.15) is 16.1 Å². The predicted octanol–water partition coefficient (Wildman–Crippen LogP) is 2.65. The number of methoxy groups -OCH3 is 2. The summed E-state index contributed by atoms with van der Waals surface area (Å²) < 4.78 is 15.6. The monoisotopic (exact) mass is 344 g/mol. The molecule has 0 spiro atoms. The molecule has 25 heavy (non-hydrogen) atoms. The van der Waals surface area contributed by atoms with Crippen LogP contribution in [0.15, 0.2) is 41.0 Å². The van der Waals surface area contributed by atoms with Gasteiger partial charge in [-0.1, -0.05) is 0 Å². The van der Waals surface area contributed by atoms with Crippen LogP contribution in [0.5, 0.6) is 11.5 Å². The molecule has 0 aliphatic rings. The van der Waals surface area contributed by atoms with Crippen LogP contribution in [0.25, 0.3) is 6.08 Å². The predicted molar refractivity (Wildman–Crippen MR) is 93.9 cm³/mol. The molecular weight excluding hydrogens is 324 g/mol. The Morgan fingerprint density at radius 3 is 2.40 bits per heavy atom. The summed E-state index contributed by atoms with van der Waals surface area (Å²) in [6, 6.07) is 6.53. The third kappa shape index (κ3) is 4.41. The Morgan fingerprint density at radius 1 is 1.16 bits per heavy atom. The number of carbonyl (C=O) groups excluding carboxylic acids is 2. The Morgan fingerprint density at radius 2 is 1.84 bits per heavy atom. The van der Waals surface area contributed by atoms with Gasteiger partial charge in [-0.2, -0.15) is 0 Å². The number of rotatable bonds is 6. The molecule has 1 N–H and O–H groups in total. The molecule has 0 atom stereocenters. The number of nitrogens with zero attached hydrogens (tertiary/aromatic N) is 1. The van der Waals surface area contributed by atoms with Crippen LogP contribution >= 0.6 is 0 Å². The van der Waals surface area contributed by atoms with Crippen molar-refractivity contribution in [2.45, 2.75) is 0 Å². The Labute approximate surface area is 145 Å². The highest BCUT2D eigenvalue weighted by Crippen LogP contribution is 2.33. The van der Waals surface area contributed by atoms with Gasteiger partial charge in [0, 0.05) is 26.2 Å². The second-order valence-corrected chi connectivity index (χ2v) is 5.29. The van der Waals surface area contributed by atoms with E-state index in [1.165, 1.54) is 43.6 Å². The molecule has 1 heterocycles. The number of carbonyl (C=O) groups is 2. The first-order chi connectivity index (χ1) is 12.0. The number of anilines is 1. The van der Waals surface area contributed by atoms with Crippen molar-refractivity contribution in [1.29, 1.82) is 0 Å². The summed E-state index contributed by atoms with van der Waals surface area (Å²) in [7, 11) is 6.21. The first-order valence-electron chi connectivity index (χ1n) is 7.46. The average molecular weight is 344 g/mol. The van der Waals surface area contributed by atoms with Gasteiger partial charge in [0.2, 0.25) is 5.91 Å². The maximum absolute atomic E-state index is 12.4. The minimum atomic E-state index is -0.406. The molecule has 0 fully saturated rings. The molecule has 0 saturated heterocycles. The molecule has 132 valence electrons. The highest BCUT2D eigenvalue weighted by molar-refractivity contribution is 6.08. The van der Waals surface area contributed by atoms with Crippen LogP contribution < -0.4 is 14.8 Å². The van der Waals surface area contributed by atoms with Gasteiger partial charge in [0.25, 0.3) is 5.91 Å². The van der Waals surface area contributed by atoms with E-state index >= 15 is 0 Å². The van der Waals surface area contributed by atoms with Crippen LogP contribution in [0.4, 0.5) is 5.69 Å². The van der Waals surface area contributed by atoms with Gasteiger partial charge in [0.15, 0.2) is 11.5 Å². The van der Waals surface area contributed by atoms with Gasteiger partial charge in [-0.3, -0.25) is 9.59 Å². The normalized spacial score (nSPS) is 10.6. The first-order valence-corrected chi connectivity index (χ1v) is 7.46. The highest BCUT2D eigenvalue weighted by atomic mass is 16.5. The number of hydrogen-bond acceptors (Lipinski definition) is 5. The second-order valence-electron chi connectivity index (χ2n) is 5.29. The molecule has 0 unspecified atom stereocenters. The molecule has 0 aliphatic heterocycles. The summed E-state index contributed by atoms with van der Waals surface area (Å²) in [4.78, 5) is 26.0. The summed E-state index contributed by atoms with van der Waals surface area (Å²) >= 11 is 0. The van der Waals surface area contributed by atoms with Gasteiger partial charge in [-0.25, -0.2) is 0 Å². The number of nitrogens with one attached hydrogen (secondary N) is 1. The molecule has 2 aromatic rings. The summed E-state index contributed by atoms with van der Waals surface area (Å²) in [5, 5.41) is 2.68. The third-order valence-corrected chi connectivity index (χ3v) is 3.36. The van der Waals surface area contributed by atoms with Crippen LogP contribution in [-0.2, 0) is 4.79 Å². The molecule has 7 nitrogen and oxygen atoms in total. The van der Waals surface area contributed by atoms with E-state index in [0.717, 1.165) is 0 Å². The smallest absolute Gasteiger partial charge is 0.255 e. The largest absolute Gasteiger partial charge is 0.493 e. The Bertz CT molecular complexity index is 779. The molecule has 2 amide bonds. The van der Waals surface area contributed by atoms with Crippen molar-refractivity contribution in [2.24, 2.45) is 0 Å². The Hall–Kier alpha value is -3.22. The van der Waals surface area contributed by atoms with E-state index < -0.39 is 5.91 Å². The highest BCUT2D eigenvalue weighted by Gasteiger charge is 2.19. The van der Waals surface area contributed by atoms with E-state index in [4.69, 9.17) is 13.9 Å². The molecule has 0 radical (unpaired) electrons. The first kappa shape index (κ1) is 18.1. The summed E-state index contributed by atoms with van der Waals surface area (Å²) in [5.74, 6) is 0.676. The quantitative estimate of drug-likeness (QED) is 0.815. The van der Waals surface area contributed by atoms with Gasteiger partial charge in [0.1, 0.15) is 5.76 Å². The van der Waals surface area contributed by atoms with E-state index in [9.17, 15) is 9.59 Å². The fourth-order valence-electron chi connectivity index (χ4n) is 2.12. The summed E-state index contributed by atoms with van der Waals surface area (Å²) in [6.45, 7) is 0. The zero-order valence-corrected chi connectivity index (χ0v) is 14.5. The van der Waals surface area contributed by atoms with Gasteiger partial charge < -0.3 is 24.1 Å². The van der Waals surface area contributed by atoms with Crippen LogP contribution in [-0.4, -0.2) is 45.0 Å². The van der Waals surface area contributed by atoms with Crippen molar-refractivity contribution in [3.63, 3.8) is 0 Å². The van der Waals surface area contributed by atoms with Crippen LogP contribution in [0.2, 0.25) is 0 Å². The second kappa shape index (κ2) is 8.05. The number of ether oxygens (including phenoxy) is 2. The summed E-state index contributed by atoms with van der Waals surface area (Å²) in [6.07, 6.45) is 4.36. The van der Waals surface area contributed by atoms with Crippen LogP contribution in [0.3, 0.4) is 0 Å². The topological polar surface area (TPSA) is 81.0 Å². The Balaban J connectivity index is 2.33. The van der Waals surface area contributed by atoms with E-state index in [-0.39, 0.29) is 5.91 Å². The molecule has 7 heteroatoms. The number of furan rings is 1. The van der Waals surface area contributed by atoms with Crippen molar-refractivity contribution in [1.82, 2.24) is 4.90 Å². The van der Waals surface area contributed by atoms with Gasteiger partial charge in [-0.15, -0.1) is 0 Å². The van der Waals surface area contributed by atoms with Gasteiger partial charge >= 0.3 is 0 Å². The molecule has 1 aromatic carbocycles. The molecule has 2 rings (SSSR count). The fraction of sp³-hybridized carbons (Fsp3) is 0.222. The van der Waals surface area contributed by atoms with Gasteiger partial charge in [-0.05, 0) is 24.3 Å². The molecule has 0 bridgehead atoms. The minimum Gasteiger partial charge on any atom is -0.493 e. The lowest BCUT2D eigenvalue weighted by Crippen LogP contribution is -2.24. The zero-order chi connectivity index (χ0) is 18.4. The van der Waals surface area contributed by atoms with Crippen molar-refractivity contribution >= 4 is 23.6 Å². The lowest BCUT2D eigenvalue weighted by atomic mass is 10.1. The van der Waals surface area contributed by atoms with Crippen molar-refractivity contribution < 1.29 is 23.5 Å². The maximum Gasteiger partial charge on any atom is 0.255 e. The fourth-order valence-corrected chi connectivity index (χ4v) is 2.12. The lowest BCUT2D eigenvalue weighted by molar-refractivity contribution is -0.111. The van der Waals surface area contributed by atoms with E-state index in [0.29, 0.717) is 28.5 Å².